The number of nitrogens with one attached hydrogen (secondary N) is 1. The molecule has 1 aliphatic rings. The van der Waals surface area contributed by atoms with Crippen molar-refractivity contribution in [2.75, 3.05) is 24.3 Å². The quantitative estimate of drug-likeness (QED) is 0.394. The Balaban J connectivity index is 1.54. The number of anilines is 2. The summed E-state index contributed by atoms with van der Waals surface area (Å²) in [4.78, 5) is 31.6. The largest absolute Gasteiger partial charge is 0.380 e. The molecule has 0 aliphatic carbocycles. The lowest BCUT2D eigenvalue weighted by atomic mass is 9.97. The molecule has 4 heterocycles. The topological polar surface area (TPSA) is 127 Å². The summed E-state index contributed by atoms with van der Waals surface area (Å²) in [6.07, 6.45) is 4.01. The third-order valence-corrected chi connectivity index (χ3v) is 6.60. The van der Waals surface area contributed by atoms with E-state index in [1.165, 1.54) is 0 Å². The molecule has 6 rings (SSSR count). The Kier molecular flexibility index (Phi) is 5.12. The average molecular weight is 489 g/mol. The second-order valence-electron chi connectivity index (χ2n) is 8.41. The lowest BCUT2D eigenvalue weighted by Gasteiger charge is -2.27. The van der Waals surface area contributed by atoms with Gasteiger partial charge in [-0.2, -0.15) is 4.98 Å². The van der Waals surface area contributed by atoms with Crippen molar-refractivity contribution in [1.82, 2.24) is 29.5 Å². The van der Waals surface area contributed by atoms with E-state index in [2.05, 4.69) is 25.0 Å². The zero-order chi connectivity index (χ0) is 24.1. The summed E-state index contributed by atoms with van der Waals surface area (Å²) >= 11 is 6.42. The lowest BCUT2D eigenvalue weighted by molar-refractivity contribution is 0.118. The first-order valence-electron chi connectivity index (χ1n) is 11.1. The molecule has 176 valence electrons. The molecule has 1 aliphatic heterocycles. The monoisotopic (exact) mass is 488 g/mol. The third kappa shape index (κ3) is 3.67. The molecule has 0 bridgehead atoms. The number of rotatable bonds is 4. The second kappa shape index (κ2) is 8.33. The van der Waals surface area contributed by atoms with Gasteiger partial charge in [0.2, 0.25) is 5.95 Å². The Morgan fingerprint density at radius 1 is 1.20 bits per heavy atom. The van der Waals surface area contributed by atoms with Crippen molar-refractivity contribution in [3.63, 3.8) is 0 Å². The molecule has 0 radical (unpaired) electrons. The van der Waals surface area contributed by atoms with Crippen molar-refractivity contribution >= 4 is 39.9 Å². The number of aromatic amines is 1. The summed E-state index contributed by atoms with van der Waals surface area (Å²) in [6, 6.07) is 12.7. The summed E-state index contributed by atoms with van der Waals surface area (Å²) in [5, 5.41) is 5.28. The number of hydrogen-bond acceptors (Lipinski definition) is 8. The van der Waals surface area contributed by atoms with Crippen molar-refractivity contribution in [3.8, 4) is 11.4 Å². The molecule has 2 aromatic carbocycles. The standard InChI is InChI=1S/C24H21ClN8O2/c1-35-14-11-19(32(12-14)22-21-27-8-9-33(21)31-24(26)30-22)15-7-6-13(25)10-17(15)20-28-18-5-3-2-4-16(18)23(34)29-20/h2-10,14,19H,11-12H2,1H3,(H2,26,31)(H,28,29,34)/t14-,19-/m0/s1. The van der Waals surface area contributed by atoms with E-state index in [9.17, 15) is 4.79 Å². The van der Waals surface area contributed by atoms with Crippen LogP contribution in [0.4, 0.5) is 11.8 Å². The second-order valence-corrected chi connectivity index (χ2v) is 8.85. The maximum absolute atomic E-state index is 12.8. The zero-order valence-electron chi connectivity index (χ0n) is 18.7. The van der Waals surface area contributed by atoms with Gasteiger partial charge in [0.05, 0.1) is 23.0 Å². The van der Waals surface area contributed by atoms with Crippen molar-refractivity contribution in [2.24, 2.45) is 0 Å². The van der Waals surface area contributed by atoms with Gasteiger partial charge in [-0.05, 0) is 36.2 Å². The first-order chi connectivity index (χ1) is 17.0. The van der Waals surface area contributed by atoms with Gasteiger partial charge in [-0.1, -0.05) is 29.8 Å². The van der Waals surface area contributed by atoms with E-state index in [1.807, 2.05) is 36.4 Å². The fraction of sp³-hybridized carbons (Fsp3) is 0.208. The van der Waals surface area contributed by atoms with E-state index in [1.54, 1.807) is 30.1 Å². The van der Waals surface area contributed by atoms with Crippen molar-refractivity contribution in [1.29, 1.82) is 0 Å². The Morgan fingerprint density at radius 2 is 2.06 bits per heavy atom. The minimum absolute atomic E-state index is 0.0571. The molecule has 1 fully saturated rings. The minimum atomic E-state index is -0.211. The Morgan fingerprint density at radius 3 is 2.91 bits per heavy atom. The molecule has 2 atom stereocenters. The van der Waals surface area contributed by atoms with Crippen LogP contribution in [0.1, 0.15) is 18.0 Å². The summed E-state index contributed by atoms with van der Waals surface area (Å²) in [5.41, 5.74) is 8.66. The molecule has 35 heavy (non-hydrogen) atoms. The van der Waals surface area contributed by atoms with Crippen LogP contribution in [-0.2, 0) is 4.74 Å². The van der Waals surface area contributed by atoms with E-state index in [4.69, 9.17) is 27.1 Å². The maximum atomic E-state index is 12.8. The maximum Gasteiger partial charge on any atom is 0.259 e. The van der Waals surface area contributed by atoms with Gasteiger partial charge in [-0.3, -0.25) is 4.79 Å². The molecule has 0 spiro atoms. The number of hydrogen-bond donors (Lipinski definition) is 2. The Bertz CT molecular complexity index is 1630. The van der Waals surface area contributed by atoms with Gasteiger partial charge in [0, 0.05) is 36.6 Å². The number of fused-ring (bicyclic) bond motifs is 2. The number of nitrogen functional groups attached to an aromatic ring is 1. The number of methoxy groups -OCH3 is 1. The summed E-state index contributed by atoms with van der Waals surface area (Å²) in [7, 11) is 1.69. The number of nitrogens with two attached hydrogens (primary N) is 1. The highest BCUT2D eigenvalue weighted by Gasteiger charge is 2.37. The zero-order valence-corrected chi connectivity index (χ0v) is 19.5. The summed E-state index contributed by atoms with van der Waals surface area (Å²) in [6.45, 7) is 0.573. The van der Waals surface area contributed by atoms with Crippen LogP contribution in [0, 0.1) is 0 Å². The number of aromatic nitrogens is 6. The van der Waals surface area contributed by atoms with E-state index in [-0.39, 0.29) is 23.7 Å². The summed E-state index contributed by atoms with van der Waals surface area (Å²) in [5.74, 6) is 1.19. The molecule has 0 amide bonds. The molecule has 0 unspecified atom stereocenters. The van der Waals surface area contributed by atoms with E-state index < -0.39 is 0 Å². The van der Waals surface area contributed by atoms with E-state index >= 15 is 0 Å². The average Bonchev–Trinajstić information content (AvgIpc) is 3.50. The van der Waals surface area contributed by atoms with Crippen molar-refractivity contribution in [2.45, 2.75) is 18.6 Å². The van der Waals surface area contributed by atoms with Crippen LogP contribution in [0.3, 0.4) is 0 Å². The fourth-order valence-electron chi connectivity index (χ4n) is 4.76. The number of halogens is 1. The van der Waals surface area contributed by atoms with Gasteiger partial charge >= 0.3 is 0 Å². The number of para-hydroxylation sites is 1. The molecular formula is C24H21ClN8O2. The lowest BCUT2D eigenvalue weighted by Crippen LogP contribution is -2.27. The number of H-pyrrole nitrogens is 1. The van der Waals surface area contributed by atoms with Crippen molar-refractivity contribution < 1.29 is 4.74 Å². The first kappa shape index (κ1) is 21.5. The predicted octanol–water partition coefficient (Wildman–Crippen LogP) is 3.23. The normalized spacial score (nSPS) is 18.1. The van der Waals surface area contributed by atoms with Gasteiger partial charge in [-0.25, -0.2) is 14.5 Å². The van der Waals surface area contributed by atoms with E-state index in [0.29, 0.717) is 46.2 Å². The first-order valence-corrected chi connectivity index (χ1v) is 11.4. The molecule has 11 heteroatoms. The molecule has 1 saturated heterocycles. The van der Waals surface area contributed by atoms with Crippen LogP contribution in [0.25, 0.3) is 27.9 Å². The number of nitrogens with zero attached hydrogens (tertiary/aromatic N) is 6. The SMILES string of the molecule is CO[C@H]1C[C@@H](c2ccc(Cl)cc2-c2nc3ccccc3c(=O)[nH]2)N(c2nc(N)nn3ccnc23)C1. The molecule has 0 saturated carbocycles. The van der Waals surface area contributed by atoms with Crippen LogP contribution in [0.5, 0.6) is 0 Å². The van der Waals surface area contributed by atoms with Crippen LogP contribution in [0.2, 0.25) is 5.02 Å². The predicted molar refractivity (Wildman–Crippen MR) is 134 cm³/mol. The highest BCUT2D eigenvalue weighted by atomic mass is 35.5. The molecule has 10 nitrogen and oxygen atoms in total. The van der Waals surface area contributed by atoms with Gasteiger partial charge in [0.25, 0.3) is 5.56 Å². The minimum Gasteiger partial charge on any atom is -0.380 e. The Hall–Kier alpha value is -4.02. The van der Waals surface area contributed by atoms with E-state index in [0.717, 1.165) is 11.1 Å². The molecule has 3 aromatic heterocycles. The number of imidazole rings is 1. The van der Waals surface area contributed by atoms with Gasteiger partial charge in [0.1, 0.15) is 5.82 Å². The van der Waals surface area contributed by atoms with Crippen molar-refractivity contribution in [3.05, 3.63) is 75.8 Å². The van der Waals surface area contributed by atoms with Gasteiger partial charge < -0.3 is 20.4 Å². The molecule has 3 N–H and O–H groups in total. The number of ether oxygens (including phenoxy) is 1. The Labute approximate surface area is 204 Å². The highest BCUT2D eigenvalue weighted by molar-refractivity contribution is 6.30. The smallest absolute Gasteiger partial charge is 0.259 e. The van der Waals surface area contributed by atoms with Gasteiger partial charge in [0.15, 0.2) is 11.5 Å². The highest BCUT2D eigenvalue weighted by Crippen LogP contribution is 2.41. The van der Waals surface area contributed by atoms with Crippen LogP contribution in [-0.4, -0.2) is 49.3 Å². The molecule has 5 aromatic rings. The van der Waals surface area contributed by atoms with Gasteiger partial charge in [-0.15, -0.1) is 5.10 Å². The summed E-state index contributed by atoms with van der Waals surface area (Å²) < 4.78 is 7.35. The van der Waals surface area contributed by atoms with Crippen LogP contribution < -0.4 is 16.2 Å². The van der Waals surface area contributed by atoms with Crippen LogP contribution >= 0.6 is 11.6 Å². The third-order valence-electron chi connectivity index (χ3n) is 6.36. The number of benzene rings is 2. The fourth-order valence-corrected chi connectivity index (χ4v) is 4.93. The van der Waals surface area contributed by atoms with Crippen LogP contribution in [0.15, 0.2) is 59.7 Å². The molecular weight excluding hydrogens is 468 g/mol.